The molecule has 0 heterocycles. The van der Waals surface area contributed by atoms with Crippen LogP contribution in [0.4, 0.5) is 0 Å². The van der Waals surface area contributed by atoms with Crippen molar-refractivity contribution in [1.29, 1.82) is 0 Å². The minimum absolute atomic E-state index is 0.191. The van der Waals surface area contributed by atoms with E-state index in [0.29, 0.717) is 5.75 Å². The van der Waals surface area contributed by atoms with Crippen LogP contribution >= 0.6 is 0 Å². The number of fused-ring (bicyclic) bond motifs is 1. The summed E-state index contributed by atoms with van der Waals surface area (Å²) in [5, 5.41) is 2.20. The average Bonchev–Trinajstić information content (AvgIpc) is 2.97. The van der Waals surface area contributed by atoms with Crippen LogP contribution in [0.3, 0.4) is 0 Å². The Labute approximate surface area is 245 Å². The third kappa shape index (κ3) is 6.82. The van der Waals surface area contributed by atoms with Crippen molar-refractivity contribution in [1.82, 2.24) is 0 Å². The highest BCUT2D eigenvalue weighted by atomic mass is 32.2. The van der Waals surface area contributed by atoms with Crippen LogP contribution < -0.4 is 4.74 Å². The zero-order valence-electron chi connectivity index (χ0n) is 23.8. The highest BCUT2D eigenvalue weighted by Gasteiger charge is 2.30. The first-order valence-corrected chi connectivity index (χ1v) is 14.8. The lowest BCUT2D eigenvalue weighted by molar-refractivity contribution is -0.154. The van der Waals surface area contributed by atoms with Gasteiger partial charge in [-0.3, -0.25) is 0 Å². The van der Waals surface area contributed by atoms with E-state index in [1.807, 2.05) is 56.3 Å². The van der Waals surface area contributed by atoms with Crippen molar-refractivity contribution in [2.24, 2.45) is 0 Å². The lowest BCUT2D eigenvalue weighted by Crippen LogP contribution is -2.29. The number of rotatable bonds is 7. The summed E-state index contributed by atoms with van der Waals surface area (Å²) in [7, 11) is -0.259. The molecule has 0 amide bonds. The maximum Gasteiger partial charge on any atom is 0.345 e. The number of hydrogen-bond acceptors (Lipinski definition) is 3. The molecule has 0 fully saturated rings. The number of aryl methyl sites for hydroxylation is 2. The fraction of sp³-hybridized carbons (Fsp3) is 0.162. The molecule has 41 heavy (non-hydrogen) atoms. The molecule has 0 aliphatic rings. The monoisotopic (exact) mass is 557 g/mol. The molecule has 4 heteroatoms. The van der Waals surface area contributed by atoms with Crippen LogP contribution in [0.2, 0.25) is 0 Å². The van der Waals surface area contributed by atoms with Crippen LogP contribution in [0.5, 0.6) is 5.75 Å². The second kappa shape index (κ2) is 12.4. The van der Waals surface area contributed by atoms with E-state index in [-0.39, 0.29) is 17.5 Å². The van der Waals surface area contributed by atoms with Crippen LogP contribution in [-0.2, 0) is 20.4 Å². The summed E-state index contributed by atoms with van der Waals surface area (Å²) in [6.45, 7) is 7.44. The average molecular weight is 558 g/mol. The number of carbonyl (C=O) groups is 1. The van der Waals surface area contributed by atoms with Crippen LogP contribution in [0.15, 0.2) is 130 Å². The molecule has 3 nitrogen and oxygen atoms in total. The van der Waals surface area contributed by atoms with Crippen molar-refractivity contribution < 1.29 is 14.3 Å². The molecular formula is C37H33O3S+. The van der Waals surface area contributed by atoms with Gasteiger partial charge in [0.1, 0.15) is 5.75 Å². The summed E-state index contributed by atoms with van der Waals surface area (Å²) in [4.78, 5) is 16.5. The second-order valence-electron chi connectivity index (χ2n) is 10.4. The molecule has 5 aromatic rings. The third-order valence-corrected chi connectivity index (χ3v) is 8.81. The summed E-state index contributed by atoms with van der Waals surface area (Å²) in [6, 6.07) is 39.5. The first-order chi connectivity index (χ1) is 19.8. The van der Waals surface area contributed by atoms with Gasteiger partial charge < -0.3 is 9.47 Å². The van der Waals surface area contributed by atoms with E-state index in [9.17, 15) is 4.79 Å². The first-order valence-electron chi connectivity index (χ1n) is 13.6. The first kappa shape index (κ1) is 28.1. The van der Waals surface area contributed by atoms with Gasteiger partial charge in [0, 0.05) is 17.7 Å². The van der Waals surface area contributed by atoms with E-state index in [1.165, 1.54) is 14.7 Å². The molecule has 0 N–H and O–H groups in total. The van der Waals surface area contributed by atoms with Crippen molar-refractivity contribution in [3.8, 4) is 17.6 Å². The summed E-state index contributed by atoms with van der Waals surface area (Å²) in [6.07, 6.45) is 0. The molecule has 5 rings (SSSR count). The zero-order valence-corrected chi connectivity index (χ0v) is 24.6. The molecule has 0 atom stereocenters. The smallest absolute Gasteiger partial charge is 0.345 e. The van der Waals surface area contributed by atoms with Gasteiger partial charge in [0.2, 0.25) is 0 Å². The van der Waals surface area contributed by atoms with Gasteiger partial charge >= 0.3 is 5.97 Å². The van der Waals surface area contributed by atoms with E-state index in [0.717, 1.165) is 27.5 Å². The summed E-state index contributed by atoms with van der Waals surface area (Å²) >= 11 is 0. The highest BCUT2D eigenvalue weighted by Crippen LogP contribution is 2.35. The molecule has 0 bridgehead atoms. The van der Waals surface area contributed by atoms with Gasteiger partial charge in [-0.05, 0) is 79.9 Å². The fourth-order valence-corrected chi connectivity index (χ4v) is 7.06. The quantitative estimate of drug-likeness (QED) is 0.115. The van der Waals surface area contributed by atoms with Gasteiger partial charge in [0.05, 0.1) is 10.9 Å². The Bertz CT molecular complexity index is 1660. The number of ether oxygens (including phenoxy) is 2. The van der Waals surface area contributed by atoms with Crippen LogP contribution in [-0.4, -0.2) is 18.2 Å². The standard InChI is InChI=1S/C37H33O3S/c1-27-24-33(41(31-17-7-5-8-18-31)32-19-9-6-10-20-32)25-28(2)36(27)39-26-35(38)40-37(3,4)23-22-30-16-13-15-29-14-11-12-21-34(29)30/h5-21,24-25H,26H2,1-4H3/q+1. The molecular weight excluding hydrogens is 524 g/mol. The lowest BCUT2D eigenvalue weighted by Gasteiger charge is -2.20. The zero-order chi connectivity index (χ0) is 28.8. The molecule has 0 aromatic heterocycles. The molecule has 0 spiro atoms. The predicted molar refractivity (Wildman–Crippen MR) is 167 cm³/mol. The van der Waals surface area contributed by atoms with Crippen molar-refractivity contribution in [3.05, 3.63) is 132 Å². The van der Waals surface area contributed by atoms with E-state index >= 15 is 0 Å². The van der Waals surface area contributed by atoms with Crippen LogP contribution in [0.1, 0.15) is 30.5 Å². The van der Waals surface area contributed by atoms with Crippen molar-refractivity contribution in [2.45, 2.75) is 48.0 Å². The van der Waals surface area contributed by atoms with E-state index in [4.69, 9.17) is 9.47 Å². The Hall–Kier alpha value is -4.46. The van der Waals surface area contributed by atoms with Gasteiger partial charge in [-0.1, -0.05) is 84.6 Å². The molecule has 0 aliphatic heterocycles. The molecule has 0 radical (unpaired) electrons. The van der Waals surface area contributed by atoms with Gasteiger partial charge in [-0.15, -0.1) is 0 Å². The van der Waals surface area contributed by atoms with Gasteiger partial charge in [-0.2, -0.15) is 0 Å². The summed E-state index contributed by atoms with van der Waals surface area (Å²) in [5.41, 5.74) is 1.89. The fourth-order valence-electron chi connectivity index (χ4n) is 4.80. The maximum absolute atomic E-state index is 12.8. The van der Waals surface area contributed by atoms with E-state index in [1.54, 1.807) is 13.8 Å². The lowest BCUT2D eigenvalue weighted by atomic mass is 10.0. The Balaban J connectivity index is 1.30. The SMILES string of the molecule is Cc1cc([S+](c2ccccc2)c2ccccc2)cc(C)c1OCC(=O)OC(C)(C)C#Cc1cccc2ccccc12. The molecule has 0 aliphatic carbocycles. The molecule has 0 saturated heterocycles. The van der Waals surface area contributed by atoms with Gasteiger partial charge in [0.15, 0.2) is 26.9 Å². The van der Waals surface area contributed by atoms with Crippen LogP contribution in [0.25, 0.3) is 10.8 Å². The van der Waals surface area contributed by atoms with Crippen molar-refractivity contribution in [3.63, 3.8) is 0 Å². The largest absolute Gasteiger partial charge is 0.481 e. The Morgan fingerprint density at radius 3 is 1.93 bits per heavy atom. The summed E-state index contributed by atoms with van der Waals surface area (Å²) < 4.78 is 11.7. The number of esters is 1. The Morgan fingerprint density at radius 1 is 0.732 bits per heavy atom. The van der Waals surface area contributed by atoms with E-state index in [2.05, 4.69) is 84.6 Å². The Kier molecular flexibility index (Phi) is 8.47. The molecule has 204 valence electrons. The highest BCUT2D eigenvalue weighted by molar-refractivity contribution is 7.97. The summed E-state index contributed by atoms with van der Waals surface area (Å²) in [5.74, 6) is 6.57. The molecule has 0 saturated carbocycles. The van der Waals surface area contributed by atoms with Gasteiger partial charge in [0.25, 0.3) is 0 Å². The second-order valence-corrected chi connectivity index (χ2v) is 12.4. The number of benzene rings is 5. The third-order valence-electron chi connectivity index (χ3n) is 6.62. The number of hydrogen-bond donors (Lipinski definition) is 0. The molecule has 5 aromatic carbocycles. The molecule has 0 unspecified atom stereocenters. The Morgan fingerprint density at radius 2 is 1.29 bits per heavy atom. The van der Waals surface area contributed by atoms with Crippen LogP contribution in [0, 0.1) is 25.7 Å². The van der Waals surface area contributed by atoms with E-state index < -0.39 is 11.6 Å². The maximum atomic E-state index is 12.8. The van der Waals surface area contributed by atoms with Gasteiger partial charge in [-0.25, -0.2) is 4.79 Å². The topological polar surface area (TPSA) is 35.5 Å². The number of carbonyl (C=O) groups excluding carboxylic acids is 1. The van der Waals surface area contributed by atoms with Crippen molar-refractivity contribution >= 4 is 27.6 Å². The minimum atomic E-state index is -0.967. The minimum Gasteiger partial charge on any atom is -0.481 e. The normalized spacial score (nSPS) is 11.1. The predicted octanol–water partition coefficient (Wildman–Crippen LogP) is 8.30. The van der Waals surface area contributed by atoms with Crippen molar-refractivity contribution in [2.75, 3.05) is 6.61 Å².